The number of ether oxygens (including phenoxy) is 1. The molecular formula is C24H21NO5. The lowest BCUT2D eigenvalue weighted by atomic mass is 9.93. The second-order valence-corrected chi connectivity index (χ2v) is 8.02. The van der Waals surface area contributed by atoms with Gasteiger partial charge in [0, 0.05) is 11.8 Å². The summed E-state index contributed by atoms with van der Waals surface area (Å²) < 4.78 is 11.3. The molecule has 0 atom stereocenters. The molecule has 3 aromatic rings. The Morgan fingerprint density at radius 2 is 1.93 bits per heavy atom. The van der Waals surface area contributed by atoms with Gasteiger partial charge < -0.3 is 14.5 Å². The lowest BCUT2D eigenvalue weighted by Crippen LogP contribution is -2.35. The molecule has 1 N–H and O–H groups in total. The highest BCUT2D eigenvalue weighted by Crippen LogP contribution is 2.34. The summed E-state index contributed by atoms with van der Waals surface area (Å²) in [7, 11) is 0. The number of carbonyl (C=O) groups excluding carboxylic acids is 2. The summed E-state index contributed by atoms with van der Waals surface area (Å²) in [5.41, 5.74) is 1.89. The number of rotatable bonds is 3. The Morgan fingerprint density at radius 1 is 1.13 bits per heavy atom. The first-order valence-electron chi connectivity index (χ1n) is 9.59. The molecule has 30 heavy (non-hydrogen) atoms. The Morgan fingerprint density at radius 3 is 2.73 bits per heavy atom. The lowest BCUT2D eigenvalue weighted by Gasteiger charge is -2.31. The predicted molar refractivity (Wildman–Crippen MR) is 115 cm³/mol. The smallest absolute Gasteiger partial charge is 0.248 e. The molecule has 2 aromatic carbocycles. The van der Waals surface area contributed by atoms with Crippen LogP contribution in [0.5, 0.6) is 5.75 Å². The molecule has 1 amide bonds. The van der Waals surface area contributed by atoms with E-state index in [4.69, 9.17) is 9.15 Å². The fourth-order valence-corrected chi connectivity index (χ4v) is 3.45. The molecule has 152 valence electrons. The molecule has 6 heteroatoms. The van der Waals surface area contributed by atoms with Gasteiger partial charge in [0.1, 0.15) is 23.2 Å². The molecule has 1 aromatic heterocycles. The monoisotopic (exact) mass is 403 g/mol. The van der Waals surface area contributed by atoms with E-state index in [1.807, 2.05) is 26.8 Å². The second-order valence-electron chi connectivity index (χ2n) is 8.02. The fourth-order valence-electron chi connectivity index (χ4n) is 3.45. The molecule has 0 fully saturated rings. The summed E-state index contributed by atoms with van der Waals surface area (Å²) in [5.74, 6) is 0.0500. The molecule has 1 aliphatic heterocycles. The van der Waals surface area contributed by atoms with Crippen LogP contribution in [0, 0.1) is 6.92 Å². The van der Waals surface area contributed by atoms with Gasteiger partial charge in [-0.2, -0.15) is 0 Å². The zero-order chi connectivity index (χ0) is 21.5. The largest absolute Gasteiger partial charge is 0.487 e. The molecule has 0 bridgehead atoms. The first-order valence-corrected chi connectivity index (χ1v) is 9.59. The van der Waals surface area contributed by atoms with Crippen LogP contribution < -0.4 is 15.5 Å². The Bertz CT molecular complexity index is 1270. The van der Waals surface area contributed by atoms with Crippen molar-refractivity contribution in [2.45, 2.75) is 32.8 Å². The third-order valence-electron chi connectivity index (χ3n) is 4.89. The van der Waals surface area contributed by atoms with Gasteiger partial charge in [-0.1, -0.05) is 11.6 Å². The highest BCUT2D eigenvalue weighted by molar-refractivity contribution is 6.05. The Balaban J connectivity index is 1.53. The average Bonchev–Trinajstić information content (AvgIpc) is 2.68. The third kappa shape index (κ3) is 3.89. The average molecular weight is 403 g/mol. The first kappa shape index (κ1) is 19.6. The number of benzene rings is 2. The van der Waals surface area contributed by atoms with Gasteiger partial charge in [0.05, 0.1) is 22.9 Å². The zero-order valence-electron chi connectivity index (χ0n) is 16.9. The molecule has 0 saturated carbocycles. The van der Waals surface area contributed by atoms with Crippen LogP contribution in [0.1, 0.15) is 41.8 Å². The van der Waals surface area contributed by atoms with Crippen LogP contribution in [0.15, 0.2) is 57.9 Å². The summed E-state index contributed by atoms with van der Waals surface area (Å²) in [6, 6.07) is 10.3. The van der Waals surface area contributed by atoms with Crippen LogP contribution in [0.4, 0.5) is 5.69 Å². The standard InChI is InChI=1S/C24H21NO5/c1-14-4-7-20-18(10-14)23(28)15(13-29-20)5-9-22(27)25-16-6-8-21-17(11-16)19(26)12-24(2,3)30-21/h4-11,13H,12H2,1-3H3,(H,25,27)/b9-5+. The molecule has 1 aliphatic rings. The number of carbonyl (C=O) groups is 2. The number of fused-ring (bicyclic) bond motifs is 2. The van der Waals surface area contributed by atoms with E-state index in [0.29, 0.717) is 28.0 Å². The summed E-state index contributed by atoms with van der Waals surface area (Å²) >= 11 is 0. The maximum atomic E-state index is 12.6. The van der Waals surface area contributed by atoms with E-state index in [-0.39, 0.29) is 23.2 Å². The van der Waals surface area contributed by atoms with Crippen LogP contribution in [0.25, 0.3) is 17.0 Å². The van der Waals surface area contributed by atoms with Crippen molar-refractivity contribution in [2.24, 2.45) is 0 Å². The van der Waals surface area contributed by atoms with E-state index in [0.717, 1.165) is 5.56 Å². The number of hydrogen-bond donors (Lipinski definition) is 1. The number of anilines is 1. The minimum Gasteiger partial charge on any atom is -0.487 e. The van der Waals surface area contributed by atoms with Crippen molar-refractivity contribution in [1.29, 1.82) is 0 Å². The van der Waals surface area contributed by atoms with Crippen molar-refractivity contribution in [3.05, 3.63) is 75.7 Å². The van der Waals surface area contributed by atoms with E-state index in [1.165, 1.54) is 18.4 Å². The van der Waals surface area contributed by atoms with Crippen LogP contribution in [0.2, 0.25) is 0 Å². The SMILES string of the molecule is Cc1ccc2occ(/C=C/C(=O)Nc3ccc4c(c3)C(=O)CC(C)(C)O4)c(=O)c2c1. The Labute approximate surface area is 173 Å². The van der Waals surface area contributed by atoms with Gasteiger partial charge in [-0.3, -0.25) is 14.4 Å². The van der Waals surface area contributed by atoms with Gasteiger partial charge in [0.15, 0.2) is 11.2 Å². The zero-order valence-corrected chi connectivity index (χ0v) is 16.9. The summed E-state index contributed by atoms with van der Waals surface area (Å²) in [6.07, 6.45) is 4.28. The highest BCUT2D eigenvalue weighted by atomic mass is 16.5. The first-order chi connectivity index (χ1) is 14.2. The minimum atomic E-state index is -0.545. The number of aryl methyl sites for hydroxylation is 1. The molecule has 0 aliphatic carbocycles. The van der Waals surface area contributed by atoms with Crippen molar-refractivity contribution in [2.75, 3.05) is 5.32 Å². The third-order valence-corrected chi connectivity index (χ3v) is 4.89. The molecular weight excluding hydrogens is 382 g/mol. The Hall–Kier alpha value is -3.67. The van der Waals surface area contributed by atoms with Gasteiger partial charge in [-0.25, -0.2) is 0 Å². The van der Waals surface area contributed by atoms with Crippen molar-refractivity contribution in [3.8, 4) is 5.75 Å². The number of amides is 1. The van der Waals surface area contributed by atoms with E-state index >= 15 is 0 Å². The maximum Gasteiger partial charge on any atom is 0.248 e. The van der Waals surface area contributed by atoms with Crippen LogP contribution in [-0.4, -0.2) is 17.3 Å². The summed E-state index contributed by atoms with van der Waals surface area (Å²) in [5, 5.41) is 3.17. The van der Waals surface area contributed by atoms with Gasteiger partial charge in [0.2, 0.25) is 5.91 Å². The topological polar surface area (TPSA) is 85.6 Å². The van der Waals surface area contributed by atoms with Crippen molar-refractivity contribution < 1.29 is 18.7 Å². The van der Waals surface area contributed by atoms with E-state index in [9.17, 15) is 14.4 Å². The molecule has 4 rings (SSSR count). The number of Topliss-reactive ketones (excluding diaryl/α,β-unsaturated/α-hetero) is 1. The normalized spacial score (nSPS) is 15.1. The van der Waals surface area contributed by atoms with Crippen LogP contribution in [-0.2, 0) is 4.79 Å². The number of hydrogen-bond acceptors (Lipinski definition) is 5. The fraction of sp³-hybridized carbons (Fsp3) is 0.208. The predicted octanol–water partition coefficient (Wildman–Crippen LogP) is 4.50. The molecule has 0 radical (unpaired) electrons. The second kappa shape index (κ2) is 7.30. The summed E-state index contributed by atoms with van der Waals surface area (Å²) in [4.78, 5) is 37.3. The highest BCUT2D eigenvalue weighted by Gasteiger charge is 2.32. The number of nitrogens with one attached hydrogen (secondary N) is 1. The number of ketones is 1. The van der Waals surface area contributed by atoms with Gasteiger partial charge >= 0.3 is 0 Å². The van der Waals surface area contributed by atoms with Crippen molar-refractivity contribution in [1.82, 2.24) is 0 Å². The molecule has 0 unspecified atom stereocenters. The molecule has 6 nitrogen and oxygen atoms in total. The lowest BCUT2D eigenvalue weighted by molar-refractivity contribution is -0.111. The molecule has 0 spiro atoms. The van der Waals surface area contributed by atoms with E-state index < -0.39 is 11.5 Å². The van der Waals surface area contributed by atoms with Gasteiger partial charge in [0.25, 0.3) is 0 Å². The quantitative estimate of drug-likeness (QED) is 0.651. The molecule has 0 saturated heterocycles. The van der Waals surface area contributed by atoms with Crippen molar-refractivity contribution in [3.63, 3.8) is 0 Å². The van der Waals surface area contributed by atoms with E-state index in [2.05, 4.69) is 5.32 Å². The van der Waals surface area contributed by atoms with Crippen LogP contribution >= 0.6 is 0 Å². The van der Waals surface area contributed by atoms with Gasteiger partial charge in [-0.15, -0.1) is 0 Å². The Kier molecular flexibility index (Phi) is 4.78. The maximum absolute atomic E-state index is 12.6. The van der Waals surface area contributed by atoms with Gasteiger partial charge in [-0.05, 0) is 57.2 Å². The summed E-state index contributed by atoms with van der Waals surface area (Å²) in [6.45, 7) is 5.61. The minimum absolute atomic E-state index is 0.0306. The molecule has 2 heterocycles. The van der Waals surface area contributed by atoms with E-state index in [1.54, 1.807) is 30.3 Å². The van der Waals surface area contributed by atoms with Crippen molar-refractivity contribution >= 4 is 34.4 Å². The van der Waals surface area contributed by atoms with Crippen LogP contribution in [0.3, 0.4) is 0 Å².